The van der Waals surface area contributed by atoms with Crippen LogP contribution in [-0.4, -0.2) is 78.5 Å². The number of piperidine rings is 1. The number of amides is 4. The second kappa shape index (κ2) is 14.7. The average molecular weight is 579 g/mol. The van der Waals surface area contributed by atoms with Gasteiger partial charge in [-0.3, -0.25) is 14.4 Å². The van der Waals surface area contributed by atoms with Gasteiger partial charge in [0.15, 0.2) is 0 Å². The number of methoxy groups -OCH3 is 1. The van der Waals surface area contributed by atoms with Gasteiger partial charge in [0.05, 0.1) is 13.5 Å². The number of piperazine rings is 1. The van der Waals surface area contributed by atoms with E-state index in [2.05, 4.69) is 10.6 Å². The molecule has 2 aromatic carbocycles. The fourth-order valence-electron chi connectivity index (χ4n) is 5.75. The molecule has 0 aliphatic carbocycles. The molecule has 2 aromatic rings. The van der Waals surface area contributed by atoms with Gasteiger partial charge in [0, 0.05) is 26.2 Å². The molecule has 2 fully saturated rings. The molecular formula is C32H42N4O6. The Morgan fingerprint density at radius 3 is 2.48 bits per heavy atom. The molecule has 0 radical (unpaired) electrons. The first-order valence-electron chi connectivity index (χ1n) is 14.8. The van der Waals surface area contributed by atoms with Crippen molar-refractivity contribution >= 4 is 23.8 Å². The van der Waals surface area contributed by atoms with Gasteiger partial charge >= 0.3 is 6.09 Å². The van der Waals surface area contributed by atoms with E-state index >= 15 is 0 Å². The Morgan fingerprint density at radius 1 is 1.02 bits per heavy atom. The largest absolute Gasteiger partial charge is 0.497 e. The van der Waals surface area contributed by atoms with Gasteiger partial charge in [-0.25, -0.2) is 4.79 Å². The molecule has 4 amide bonds. The van der Waals surface area contributed by atoms with Crippen molar-refractivity contribution < 1.29 is 28.7 Å². The average Bonchev–Trinajstić information content (AvgIpc) is 3.01. The molecule has 1 spiro atoms. The number of carbonyl (C=O) groups is 4. The lowest BCUT2D eigenvalue weighted by Crippen LogP contribution is -2.73. The minimum Gasteiger partial charge on any atom is -0.497 e. The number of unbranched alkanes of at least 4 members (excludes halogenated alkanes) is 1. The first-order chi connectivity index (χ1) is 20.4. The van der Waals surface area contributed by atoms with Gasteiger partial charge in [0.2, 0.25) is 17.7 Å². The van der Waals surface area contributed by atoms with E-state index in [9.17, 15) is 19.2 Å². The van der Waals surface area contributed by atoms with Crippen molar-refractivity contribution in [3.8, 4) is 5.75 Å². The molecule has 226 valence electrons. The van der Waals surface area contributed by atoms with Gasteiger partial charge in [-0.15, -0.1) is 0 Å². The molecule has 0 unspecified atom stereocenters. The predicted octanol–water partition coefficient (Wildman–Crippen LogP) is 3.43. The smallest absolute Gasteiger partial charge is 0.407 e. The third kappa shape index (κ3) is 7.60. The number of nitrogens with zero attached hydrogens (tertiary/aromatic N) is 2. The fourth-order valence-corrected chi connectivity index (χ4v) is 5.75. The van der Waals surface area contributed by atoms with Crippen molar-refractivity contribution in [3.63, 3.8) is 0 Å². The van der Waals surface area contributed by atoms with Gasteiger partial charge < -0.3 is 29.9 Å². The van der Waals surface area contributed by atoms with Crippen LogP contribution in [0.1, 0.15) is 56.6 Å². The highest BCUT2D eigenvalue weighted by Gasteiger charge is 2.53. The van der Waals surface area contributed by atoms with E-state index in [0.717, 1.165) is 17.5 Å². The Bertz CT molecular complexity index is 1230. The molecule has 2 aliphatic heterocycles. The van der Waals surface area contributed by atoms with Gasteiger partial charge in [-0.05, 0) is 61.8 Å². The SMILES string of the molecule is CCCN1C(=O)[C@H](CCCCNC(=O)OCc2ccccc2)NC(=O)C12CCN(C(=O)Cc1cccc(OC)c1)CC2. The highest BCUT2D eigenvalue weighted by atomic mass is 16.5. The van der Waals surface area contributed by atoms with Crippen molar-refractivity contribution in [2.24, 2.45) is 0 Å². The van der Waals surface area contributed by atoms with Crippen LogP contribution in [0, 0.1) is 0 Å². The maximum Gasteiger partial charge on any atom is 0.407 e. The van der Waals surface area contributed by atoms with Gasteiger partial charge in [0.1, 0.15) is 23.9 Å². The Morgan fingerprint density at radius 2 is 1.76 bits per heavy atom. The van der Waals surface area contributed by atoms with E-state index in [0.29, 0.717) is 64.0 Å². The topological polar surface area (TPSA) is 117 Å². The van der Waals surface area contributed by atoms with E-state index in [1.807, 2.05) is 61.5 Å². The number of likely N-dealkylation sites (tertiary alicyclic amines) is 1. The summed E-state index contributed by atoms with van der Waals surface area (Å²) >= 11 is 0. The molecule has 2 N–H and O–H groups in total. The fraction of sp³-hybridized carbons (Fsp3) is 0.500. The molecule has 0 aromatic heterocycles. The minimum absolute atomic E-state index is 0.00174. The van der Waals surface area contributed by atoms with Crippen LogP contribution >= 0.6 is 0 Å². The van der Waals surface area contributed by atoms with Crippen LogP contribution < -0.4 is 15.4 Å². The Labute approximate surface area is 247 Å². The Kier molecular flexibility index (Phi) is 10.8. The molecular weight excluding hydrogens is 536 g/mol. The summed E-state index contributed by atoms with van der Waals surface area (Å²) in [4.78, 5) is 55.6. The minimum atomic E-state index is -0.930. The summed E-state index contributed by atoms with van der Waals surface area (Å²) < 4.78 is 10.5. The normalized spacial score (nSPS) is 18.0. The van der Waals surface area contributed by atoms with Crippen LogP contribution in [0.4, 0.5) is 4.79 Å². The van der Waals surface area contributed by atoms with Crippen LogP contribution in [0.2, 0.25) is 0 Å². The molecule has 2 aliphatic rings. The zero-order chi connectivity index (χ0) is 30.0. The quantitative estimate of drug-likeness (QED) is 0.373. The summed E-state index contributed by atoms with van der Waals surface area (Å²) in [5.41, 5.74) is 0.861. The van der Waals surface area contributed by atoms with E-state index in [4.69, 9.17) is 9.47 Å². The molecule has 0 bridgehead atoms. The maximum atomic E-state index is 13.6. The number of hydrogen-bond donors (Lipinski definition) is 2. The molecule has 2 saturated heterocycles. The van der Waals surface area contributed by atoms with Crippen LogP contribution in [0.3, 0.4) is 0 Å². The van der Waals surface area contributed by atoms with Crippen LogP contribution in [-0.2, 0) is 32.1 Å². The Balaban J connectivity index is 1.24. The number of ether oxygens (including phenoxy) is 2. The molecule has 10 nitrogen and oxygen atoms in total. The monoisotopic (exact) mass is 578 g/mol. The number of benzene rings is 2. The van der Waals surface area contributed by atoms with Crippen LogP contribution in [0.15, 0.2) is 54.6 Å². The number of alkyl carbamates (subject to hydrolysis) is 1. The number of nitrogens with one attached hydrogen (secondary N) is 2. The third-order valence-corrected chi connectivity index (χ3v) is 8.09. The van der Waals surface area contributed by atoms with Crippen molar-refractivity contribution in [2.45, 2.75) is 70.1 Å². The van der Waals surface area contributed by atoms with Crippen molar-refractivity contribution in [2.75, 3.05) is 33.3 Å². The van der Waals surface area contributed by atoms with Crippen molar-refractivity contribution in [3.05, 3.63) is 65.7 Å². The molecule has 4 rings (SSSR count). The first kappa shape index (κ1) is 30.9. The highest BCUT2D eigenvalue weighted by molar-refractivity contribution is 6.00. The lowest BCUT2D eigenvalue weighted by atomic mass is 9.81. The van der Waals surface area contributed by atoms with Crippen molar-refractivity contribution in [1.82, 2.24) is 20.4 Å². The molecule has 2 heterocycles. The zero-order valence-electron chi connectivity index (χ0n) is 24.6. The Hall–Kier alpha value is -4.08. The van der Waals surface area contributed by atoms with Crippen LogP contribution in [0.25, 0.3) is 0 Å². The third-order valence-electron chi connectivity index (χ3n) is 8.09. The van der Waals surface area contributed by atoms with E-state index in [1.54, 1.807) is 16.9 Å². The summed E-state index contributed by atoms with van der Waals surface area (Å²) in [5, 5.41) is 5.73. The lowest BCUT2D eigenvalue weighted by Gasteiger charge is -2.51. The number of hydrogen-bond acceptors (Lipinski definition) is 6. The predicted molar refractivity (Wildman–Crippen MR) is 158 cm³/mol. The summed E-state index contributed by atoms with van der Waals surface area (Å²) in [7, 11) is 1.60. The molecule has 1 atom stereocenters. The van der Waals surface area contributed by atoms with E-state index < -0.39 is 17.7 Å². The molecule has 10 heteroatoms. The molecule has 0 saturated carbocycles. The van der Waals surface area contributed by atoms with Gasteiger partial charge in [-0.1, -0.05) is 49.4 Å². The standard InChI is InChI=1S/C32H42N4O6/c1-3-18-36-29(38)27(14-7-8-17-33-31(40)42-23-24-10-5-4-6-11-24)34-30(39)32(36)15-19-35(20-16-32)28(37)22-25-12-9-13-26(21-25)41-2/h4-6,9-13,21,27H,3,7-8,14-20,22-23H2,1-2H3,(H,33,40)(H,34,39)/t27-/m0/s1. The van der Waals surface area contributed by atoms with Crippen LogP contribution in [0.5, 0.6) is 5.75 Å². The summed E-state index contributed by atoms with van der Waals surface area (Å²) in [5.74, 6) is 0.502. The van der Waals surface area contributed by atoms with Gasteiger partial charge in [0.25, 0.3) is 0 Å². The zero-order valence-corrected chi connectivity index (χ0v) is 24.6. The summed E-state index contributed by atoms with van der Waals surface area (Å²) in [6.07, 6.45) is 3.15. The second-order valence-corrected chi connectivity index (χ2v) is 10.9. The van der Waals surface area contributed by atoms with E-state index in [1.165, 1.54) is 0 Å². The van der Waals surface area contributed by atoms with Gasteiger partial charge in [-0.2, -0.15) is 0 Å². The number of rotatable bonds is 12. The summed E-state index contributed by atoms with van der Waals surface area (Å²) in [6.45, 7) is 3.96. The lowest BCUT2D eigenvalue weighted by molar-refractivity contribution is -0.162. The first-order valence-corrected chi connectivity index (χ1v) is 14.8. The summed E-state index contributed by atoms with van der Waals surface area (Å²) in [6, 6.07) is 16.3. The number of carbonyl (C=O) groups excluding carboxylic acids is 4. The van der Waals surface area contributed by atoms with Crippen molar-refractivity contribution in [1.29, 1.82) is 0 Å². The van der Waals surface area contributed by atoms with E-state index in [-0.39, 0.29) is 30.7 Å². The molecule has 42 heavy (non-hydrogen) atoms. The highest BCUT2D eigenvalue weighted by Crippen LogP contribution is 2.34. The maximum absolute atomic E-state index is 13.6. The second-order valence-electron chi connectivity index (χ2n) is 10.9.